The standard InChI is InChI=1S/C20H25N3O3/c1-21(2)19(24)14-22-9-11-23(12-10-22)20(25)15-26-18-8-7-16-5-3-4-6-17(16)13-18/h3-8,13H,9-12,14-15H2,1-2H3/p+1. The molecule has 0 radical (unpaired) electrons. The number of quaternary nitrogens is 1. The topological polar surface area (TPSA) is 54.3 Å². The van der Waals surface area contributed by atoms with Gasteiger partial charge in [0, 0.05) is 14.1 Å². The smallest absolute Gasteiger partial charge is 0.277 e. The lowest BCUT2D eigenvalue weighted by Crippen LogP contribution is -3.15. The molecule has 0 aromatic heterocycles. The Bertz CT molecular complexity index is 783. The lowest BCUT2D eigenvalue weighted by atomic mass is 10.1. The Morgan fingerprint density at radius 1 is 1.08 bits per heavy atom. The van der Waals surface area contributed by atoms with Gasteiger partial charge in [-0.15, -0.1) is 0 Å². The molecule has 0 saturated carbocycles. The molecule has 2 amide bonds. The Labute approximate surface area is 153 Å². The number of carbonyl (C=O) groups excluding carboxylic acids is 2. The zero-order valence-corrected chi connectivity index (χ0v) is 15.4. The maximum atomic E-state index is 12.4. The van der Waals surface area contributed by atoms with E-state index < -0.39 is 0 Å². The normalized spacial score (nSPS) is 15.1. The summed E-state index contributed by atoms with van der Waals surface area (Å²) in [6, 6.07) is 13.9. The minimum absolute atomic E-state index is 0.00357. The highest BCUT2D eigenvalue weighted by Gasteiger charge is 2.25. The van der Waals surface area contributed by atoms with Crippen molar-refractivity contribution >= 4 is 22.6 Å². The fraction of sp³-hybridized carbons (Fsp3) is 0.400. The molecule has 1 fully saturated rings. The molecule has 1 aliphatic heterocycles. The van der Waals surface area contributed by atoms with Gasteiger partial charge < -0.3 is 19.4 Å². The quantitative estimate of drug-likeness (QED) is 0.823. The third kappa shape index (κ3) is 4.52. The monoisotopic (exact) mass is 356 g/mol. The Morgan fingerprint density at radius 2 is 1.77 bits per heavy atom. The highest BCUT2D eigenvalue weighted by Crippen LogP contribution is 2.20. The van der Waals surface area contributed by atoms with Gasteiger partial charge in [0.25, 0.3) is 11.8 Å². The largest absolute Gasteiger partial charge is 0.484 e. The highest BCUT2D eigenvalue weighted by molar-refractivity contribution is 5.84. The van der Waals surface area contributed by atoms with Crippen molar-refractivity contribution < 1.29 is 19.2 Å². The summed E-state index contributed by atoms with van der Waals surface area (Å²) in [6.07, 6.45) is 0. The molecule has 1 aliphatic rings. The SMILES string of the molecule is CN(C)C(=O)C[NH+]1CCN(C(=O)COc2ccc3ccccc3c2)CC1. The molecule has 6 heteroatoms. The van der Waals surface area contributed by atoms with Crippen LogP contribution in [0, 0.1) is 0 Å². The van der Waals surface area contributed by atoms with Crippen LogP contribution in [0.1, 0.15) is 0 Å². The highest BCUT2D eigenvalue weighted by atomic mass is 16.5. The fourth-order valence-electron chi connectivity index (χ4n) is 3.11. The molecule has 0 bridgehead atoms. The van der Waals surface area contributed by atoms with E-state index in [0.29, 0.717) is 25.4 Å². The number of rotatable bonds is 5. The van der Waals surface area contributed by atoms with Crippen LogP contribution in [0.2, 0.25) is 0 Å². The van der Waals surface area contributed by atoms with E-state index in [9.17, 15) is 9.59 Å². The van der Waals surface area contributed by atoms with Gasteiger partial charge in [-0.2, -0.15) is 0 Å². The van der Waals surface area contributed by atoms with Gasteiger partial charge in [0.2, 0.25) is 0 Å². The molecule has 2 aromatic carbocycles. The summed E-state index contributed by atoms with van der Waals surface area (Å²) in [5, 5.41) is 2.25. The lowest BCUT2D eigenvalue weighted by molar-refractivity contribution is -0.896. The first-order valence-corrected chi connectivity index (χ1v) is 8.96. The maximum absolute atomic E-state index is 12.4. The van der Waals surface area contributed by atoms with Crippen molar-refractivity contribution in [3.8, 4) is 5.75 Å². The number of likely N-dealkylation sites (N-methyl/N-ethyl adjacent to an activating group) is 1. The van der Waals surface area contributed by atoms with Crippen molar-refractivity contribution in [1.82, 2.24) is 9.80 Å². The van der Waals surface area contributed by atoms with Gasteiger partial charge >= 0.3 is 0 Å². The number of piperazine rings is 1. The molecule has 0 spiro atoms. The average Bonchev–Trinajstić information content (AvgIpc) is 2.66. The van der Waals surface area contributed by atoms with Crippen LogP contribution in [0.15, 0.2) is 42.5 Å². The van der Waals surface area contributed by atoms with Gasteiger partial charge in [-0.05, 0) is 22.9 Å². The number of benzene rings is 2. The zero-order chi connectivity index (χ0) is 18.5. The van der Waals surface area contributed by atoms with Crippen LogP contribution in [-0.2, 0) is 9.59 Å². The third-order valence-corrected chi connectivity index (χ3v) is 4.81. The molecular weight excluding hydrogens is 330 g/mol. The fourth-order valence-corrected chi connectivity index (χ4v) is 3.11. The van der Waals surface area contributed by atoms with Crippen LogP contribution in [0.25, 0.3) is 10.8 Å². The van der Waals surface area contributed by atoms with E-state index in [1.165, 1.54) is 4.90 Å². The molecule has 1 saturated heterocycles. The van der Waals surface area contributed by atoms with Gasteiger partial charge in [0.1, 0.15) is 5.75 Å². The summed E-state index contributed by atoms with van der Waals surface area (Å²) in [7, 11) is 3.54. The second kappa shape index (κ2) is 8.19. The van der Waals surface area contributed by atoms with Crippen LogP contribution in [-0.4, -0.2) is 75.0 Å². The van der Waals surface area contributed by atoms with E-state index in [1.54, 1.807) is 19.0 Å². The van der Waals surface area contributed by atoms with E-state index >= 15 is 0 Å². The molecule has 6 nitrogen and oxygen atoms in total. The molecule has 0 atom stereocenters. The van der Waals surface area contributed by atoms with Crippen molar-refractivity contribution in [3.05, 3.63) is 42.5 Å². The summed E-state index contributed by atoms with van der Waals surface area (Å²) in [5.41, 5.74) is 0. The van der Waals surface area contributed by atoms with E-state index in [0.717, 1.165) is 23.9 Å². The van der Waals surface area contributed by atoms with Gasteiger partial charge in [0.15, 0.2) is 13.2 Å². The number of ether oxygens (including phenoxy) is 1. The molecule has 3 rings (SSSR count). The van der Waals surface area contributed by atoms with Gasteiger partial charge in [-0.25, -0.2) is 0 Å². The van der Waals surface area contributed by atoms with Crippen molar-refractivity contribution in [2.75, 3.05) is 53.4 Å². The van der Waals surface area contributed by atoms with Crippen molar-refractivity contribution in [3.63, 3.8) is 0 Å². The molecule has 1 N–H and O–H groups in total. The Morgan fingerprint density at radius 3 is 2.46 bits per heavy atom. The number of nitrogens with zero attached hydrogens (tertiary/aromatic N) is 2. The first-order valence-electron chi connectivity index (χ1n) is 8.96. The molecule has 26 heavy (non-hydrogen) atoms. The van der Waals surface area contributed by atoms with Gasteiger partial charge in [-0.1, -0.05) is 30.3 Å². The number of amides is 2. The van der Waals surface area contributed by atoms with Crippen molar-refractivity contribution in [2.45, 2.75) is 0 Å². The van der Waals surface area contributed by atoms with Crippen LogP contribution in [0.3, 0.4) is 0 Å². The van der Waals surface area contributed by atoms with Gasteiger partial charge in [-0.3, -0.25) is 9.59 Å². The summed E-state index contributed by atoms with van der Waals surface area (Å²) < 4.78 is 5.69. The molecule has 0 unspecified atom stereocenters. The molecular formula is C20H26N3O3+. The molecule has 1 heterocycles. The van der Waals surface area contributed by atoms with Crippen molar-refractivity contribution in [1.29, 1.82) is 0 Å². The summed E-state index contributed by atoms with van der Waals surface area (Å²) in [6.45, 7) is 3.45. The number of hydrogen-bond acceptors (Lipinski definition) is 3. The number of hydrogen-bond donors (Lipinski definition) is 1. The average molecular weight is 356 g/mol. The van der Waals surface area contributed by atoms with Crippen LogP contribution in [0.4, 0.5) is 0 Å². The second-order valence-corrected chi connectivity index (χ2v) is 6.89. The lowest BCUT2D eigenvalue weighted by Gasteiger charge is -2.32. The van der Waals surface area contributed by atoms with Crippen LogP contribution in [0.5, 0.6) is 5.75 Å². The van der Waals surface area contributed by atoms with Crippen molar-refractivity contribution in [2.24, 2.45) is 0 Å². The number of fused-ring (bicyclic) bond motifs is 1. The van der Waals surface area contributed by atoms with Crippen LogP contribution >= 0.6 is 0 Å². The predicted octanol–water partition coefficient (Wildman–Crippen LogP) is 0.0339. The number of carbonyl (C=O) groups is 2. The Kier molecular flexibility index (Phi) is 5.73. The molecule has 2 aromatic rings. The first kappa shape index (κ1) is 18.2. The van der Waals surface area contributed by atoms with E-state index in [4.69, 9.17) is 4.74 Å². The molecule has 138 valence electrons. The zero-order valence-electron chi connectivity index (χ0n) is 15.4. The summed E-state index contributed by atoms with van der Waals surface area (Å²) >= 11 is 0. The maximum Gasteiger partial charge on any atom is 0.277 e. The third-order valence-electron chi connectivity index (χ3n) is 4.81. The predicted molar refractivity (Wildman–Crippen MR) is 100 cm³/mol. The Balaban J connectivity index is 1.47. The minimum atomic E-state index is -0.00357. The molecule has 0 aliphatic carbocycles. The minimum Gasteiger partial charge on any atom is -0.484 e. The van der Waals surface area contributed by atoms with E-state index in [1.807, 2.05) is 47.4 Å². The second-order valence-electron chi connectivity index (χ2n) is 6.89. The summed E-state index contributed by atoms with van der Waals surface area (Å²) in [5.74, 6) is 0.827. The number of nitrogens with one attached hydrogen (secondary N) is 1. The van der Waals surface area contributed by atoms with E-state index in [-0.39, 0.29) is 18.4 Å². The van der Waals surface area contributed by atoms with Gasteiger partial charge in [0.05, 0.1) is 26.2 Å². The summed E-state index contributed by atoms with van der Waals surface area (Å²) in [4.78, 5) is 28.8. The first-order chi connectivity index (χ1) is 12.5. The Hall–Kier alpha value is -2.60. The van der Waals surface area contributed by atoms with Crippen LogP contribution < -0.4 is 9.64 Å². The van der Waals surface area contributed by atoms with E-state index in [2.05, 4.69) is 0 Å².